The average molecular weight is 732 g/mol. The van der Waals surface area contributed by atoms with Gasteiger partial charge < -0.3 is 13.7 Å². The number of fused-ring (bicyclic) bond motifs is 9. The van der Waals surface area contributed by atoms with Crippen molar-refractivity contribution in [3.8, 4) is 11.8 Å². The molecule has 3 heterocycles. The van der Waals surface area contributed by atoms with Crippen molar-refractivity contribution >= 4 is 83.0 Å². The Morgan fingerprint density at radius 2 is 1.19 bits per heavy atom. The Hall–Kier alpha value is -7.86. The van der Waals surface area contributed by atoms with Crippen LogP contribution in [-0.2, 0) is 0 Å². The normalized spacial score (nSPS) is 12.5. The molecule has 0 saturated heterocycles. The van der Waals surface area contributed by atoms with Crippen LogP contribution in [0.4, 0.5) is 5.69 Å². The highest BCUT2D eigenvalue weighted by Gasteiger charge is 2.16. The molecule has 0 aliphatic carbocycles. The lowest BCUT2D eigenvalue weighted by molar-refractivity contribution is 1.18. The minimum absolute atomic E-state index is 0.451. The lowest BCUT2D eigenvalue weighted by Crippen LogP contribution is -1.96. The highest BCUT2D eigenvalue weighted by molar-refractivity contribution is 6.13. The van der Waals surface area contributed by atoms with Crippen molar-refractivity contribution in [1.29, 1.82) is 5.26 Å². The molecule has 270 valence electrons. The lowest BCUT2D eigenvalue weighted by atomic mass is 10.0. The molecule has 5 nitrogen and oxygen atoms in total. The summed E-state index contributed by atoms with van der Waals surface area (Å²) in [6.45, 7) is 18.5. The van der Waals surface area contributed by atoms with Crippen molar-refractivity contribution in [3.63, 3.8) is 0 Å². The van der Waals surface area contributed by atoms with E-state index in [9.17, 15) is 5.26 Å². The minimum Gasteiger partial charge on any atom is -0.316 e. The largest absolute Gasteiger partial charge is 0.316 e. The third-order valence-corrected chi connectivity index (χ3v) is 10.7. The summed E-state index contributed by atoms with van der Waals surface area (Å²) < 4.78 is 6.66. The molecule has 5 heteroatoms. The maximum atomic E-state index is 10.4. The maximum absolute atomic E-state index is 10.4. The van der Waals surface area contributed by atoms with E-state index in [1.165, 1.54) is 21.8 Å². The van der Waals surface area contributed by atoms with Gasteiger partial charge in [0.2, 0.25) is 0 Å². The van der Waals surface area contributed by atoms with Crippen molar-refractivity contribution in [2.24, 2.45) is 0 Å². The summed E-state index contributed by atoms with van der Waals surface area (Å²) in [7, 11) is 0. The van der Waals surface area contributed by atoms with Crippen molar-refractivity contribution in [3.05, 3.63) is 205 Å². The molecule has 0 amide bonds. The van der Waals surface area contributed by atoms with Crippen LogP contribution in [0.1, 0.15) is 13.3 Å². The number of allylic oxidation sites excluding steroid dienone is 9. The fourth-order valence-electron chi connectivity index (χ4n) is 8.05. The molecule has 0 atom stereocenters. The molecule has 0 saturated carbocycles. The molecule has 57 heavy (non-hydrogen) atoms. The van der Waals surface area contributed by atoms with E-state index in [0.29, 0.717) is 22.4 Å². The van der Waals surface area contributed by atoms with Gasteiger partial charge in [-0.2, -0.15) is 5.26 Å². The van der Waals surface area contributed by atoms with Gasteiger partial charge in [-0.15, -0.1) is 0 Å². The summed E-state index contributed by atoms with van der Waals surface area (Å²) in [5.74, 6) is 0. The van der Waals surface area contributed by atoms with E-state index in [2.05, 4.69) is 154 Å². The van der Waals surface area contributed by atoms with Gasteiger partial charge in [0.1, 0.15) is 0 Å². The highest BCUT2D eigenvalue weighted by atomic mass is 15.0. The predicted molar refractivity (Wildman–Crippen MR) is 240 cm³/mol. The van der Waals surface area contributed by atoms with Crippen LogP contribution < -0.4 is 0 Å². The molecule has 0 fully saturated rings. The van der Waals surface area contributed by atoms with E-state index in [1.807, 2.05) is 54.8 Å². The van der Waals surface area contributed by atoms with Gasteiger partial charge in [-0.3, -0.25) is 0 Å². The van der Waals surface area contributed by atoms with Gasteiger partial charge in [0.25, 0.3) is 0 Å². The molecule has 0 aliphatic heterocycles. The number of para-hydroxylation sites is 4. The smallest absolute Gasteiger partial charge is 0.189 e. The lowest BCUT2D eigenvalue weighted by Gasteiger charge is -2.11. The van der Waals surface area contributed by atoms with Crippen LogP contribution in [0.3, 0.4) is 0 Å². The number of aromatic nitrogens is 3. The Bertz CT molecular complexity index is 3280. The molecule has 0 aliphatic rings. The monoisotopic (exact) mass is 731 g/mol. The highest BCUT2D eigenvalue weighted by Crippen LogP contribution is 2.37. The standard InChI is InChI=1S/C52H37N5/c1-5-6-15-39(57-51-23-14-10-18-43(51)45-26-24-38(54-4)32-52(45)57)31-36(3)35(2)30-37(34-53)28-29-55-47-20-11-7-19-44(47)46-33-40(25-27-48(46)55)56-49-21-12-8-16-41(49)42-17-9-13-22-50(42)56/h6-33H,2-3,5H2,1H3/b15-6+,29-28+,37-30+,39-31+. The van der Waals surface area contributed by atoms with E-state index in [-0.39, 0.29) is 0 Å². The average Bonchev–Trinajstić information content (AvgIpc) is 3.88. The summed E-state index contributed by atoms with van der Waals surface area (Å²) in [6, 6.07) is 48.5. The number of hydrogen-bond acceptors (Lipinski definition) is 1. The van der Waals surface area contributed by atoms with Gasteiger partial charge in [-0.1, -0.05) is 111 Å². The SMILES string of the molecule is [C-]#[N+]c1ccc2c3ccccc3n(C(/C=C/CC)=C/C(=C)C(=C)/C=C(C#N)\C=C\n3c4ccccc4c4cc(-n5c6ccccc6c6ccccc65)ccc43)c2c1. The quantitative estimate of drug-likeness (QED) is 0.0828. The van der Waals surface area contributed by atoms with Crippen LogP contribution in [0.15, 0.2) is 194 Å². The van der Waals surface area contributed by atoms with Gasteiger partial charge in [0, 0.05) is 55.4 Å². The van der Waals surface area contributed by atoms with E-state index in [4.69, 9.17) is 6.57 Å². The molecule has 9 rings (SSSR count). The van der Waals surface area contributed by atoms with Crippen LogP contribution in [0, 0.1) is 17.9 Å². The molecular formula is C52H37N5. The molecule has 3 aromatic heterocycles. The fourth-order valence-corrected chi connectivity index (χ4v) is 8.05. The van der Waals surface area contributed by atoms with Gasteiger partial charge in [0.05, 0.1) is 45.8 Å². The summed E-state index contributed by atoms with van der Waals surface area (Å²) in [4.78, 5) is 3.71. The van der Waals surface area contributed by atoms with Crippen LogP contribution >= 0.6 is 0 Å². The second-order valence-electron chi connectivity index (χ2n) is 14.1. The van der Waals surface area contributed by atoms with Crippen molar-refractivity contribution in [2.75, 3.05) is 0 Å². The number of benzene rings is 6. The van der Waals surface area contributed by atoms with Gasteiger partial charge in [-0.05, 0) is 90.4 Å². The first kappa shape index (κ1) is 34.9. The zero-order valence-electron chi connectivity index (χ0n) is 31.5. The Kier molecular flexibility index (Phi) is 8.82. The summed E-state index contributed by atoms with van der Waals surface area (Å²) >= 11 is 0. The fraction of sp³-hybridized carbons (Fsp3) is 0.0385. The number of nitriles is 1. The van der Waals surface area contributed by atoms with E-state index >= 15 is 0 Å². The van der Waals surface area contributed by atoms with Gasteiger partial charge in [0.15, 0.2) is 5.69 Å². The summed E-state index contributed by atoms with van der Waals surface area (Å²) in [5.41, 5.74) is 10.7. The van der Waals surface area contributed by atoms with E-state index in [1.54, 1.807) is 6.08 Å². The first-order chi connectivity index (χ1) is 28.0. The number of hydrogen-bond donors (Lipinski definition) is 0. The molecule has 0 radical (unpaired) electrons. The second kappa shape index (κ2) is 14.4. The molecule has 0 unspecified atom stereocenters. The number of nitrogens with zero attached hydrogens (tertiary/aromatic N) is 5. The molecule has 6 aromatic carbocycles. The van der Waals surface area contributed by atoms with Crippen LogP contribution in [0.5, 0.6) is 0 Å². The van der Waals surface area contributed by atoms with Crippen LogP contribution in [0.2, 0.25) is 0 Å². The first-order valence-corrected chi connectivity index (χ1v) is 19.0. The van der Waals surface area contributed by atoms with Crippen molar-refractivity contribution in [2.45, 2.75) is 13.3 Å². The summed E-state index contributed by atoms with van der Waals surface area (Å²) in [5, 5.41) is 17.2. The van der Waals surface area contributed by atoms with Crippen LogP contribution in [0.25, 0.3) is 87.8 Å². The van der Waals surface area contributed by atoms with Gasteiger partial charge in [-0.25, -0.2) is 4.85 Å². The summed E-state index contributed by atoms with van der Waals surface area (Å²) in [6.07, 6.45) is 12.6. The maximum Gasteiger partial charge on any atom is 0.189 e. The second-order valence-corrected chi connectivity index (χ2v) is 14.1. The Balaban J connectivity index is 1.09. The molecular weight excluding hydrogens is 695 g/mol. The predicted octanol–water partition coefficient (Wildman–Crippen LogP) is 14.1. The third-order valence-electron chi connectivity index (χ3n) is 10.7. The topological polar surface area (TPSA) is 42.9 Å². The zero-order chi connectivity index (χ0) is 39.0. The Labute approximate surface area is 331 Å². The van der Waals surface area contributed by atoms with E-state index < -0.39 is 0 Å². The number of rotatable bonds is 9. The first-order valence-electron chi connectivity index (χ1n) is 19.0. The van der Waals surface area contributed by atoms with Gasteiger partial charge >= 0.3 is 0 Å². The Morgan fingerprint density at radius 1 is 0.632 bits per heavy atom. The van der Waals surface area contributed by atoms with Crippen molar-refractivity contribution in [1.82, 2.24) is 13.7 Å². The van der Waals surface area contributed by atoms with Crippen LogP contribution in [-0.4, -0.2) is 13.7 Å². The van der Waals surface area contributed by atoms with Crippen molar-refractivity contribution < 1.29 is 0 Å². The third kappa shape index (κ3) is 5.96. The molecule has 0 spiro atoms. The minimum atomic E-state index is 0.451. The Morgan fingerprint density at radius 3 is 1.84 bits per heavy atom. The molecule has 9 aromatic rings. The molecule has 0 bridgehead atoms. The van der Waals surface area contributed by atoms with E-state index in [0.717, 1.165) is 61.4 Å². The zero-order valence-corrected chi connectivity index (χ0v) is 31.5. The molecule has 0 N–H and O–H groups in total.